The van der Waals surface area contributed by atoms with E-state index in [9.17, 15) is 37.0 Å². The number of rotatable bonds is 15. The molecule has 55 heavy (non-hydrogen) atoms. The topological polar surface area (TPSA) is 184 Å². The first kappa shape index (κ1) is 41.9. The number of aromatic nitrogens is 4. The van der Waals surface area contributed by atoms with E-state index in [4.69, 9.17) is 12.1 Å². The van der Waals surface area contributed by atoms with Crippen LogP contribution in [0, 0.1) is 5.92 Å². The predicted octanol–water partition coefficient (Wildman–Crippen LogP) is 4.80. The molecule has 0 radical (unpaired) electrons. The van der Waals surface area contributed by atoms with Crippen LogP contribution < -0.4 is 37.7 Å². The Balaban J connectivity index is 1.62. The molecule has 0 spiro atoms. The molecule has 0 aliphatic carbocycles. The van der Waals surface area contributed by atoms with Crippen molar-refractivity contribution in [2.24, 2.45) is 5.92 Å². The van der Waals surface area contributed by atoms with Crippen molar-refractivity contribution >= 4 is 48.0 Å². The summed E-state index contributed by atoms with van der Waals surface area (Å²) in [4.78, 5) is 62.7. The number of thiazole rings is 1. The van der Waals surface area contributed by atoms with Crippen LogP contribution in [0.5, 0.6) is 0 Å². The Labute approximate surface area is 327 Å². The maximum atomic E-state index is 14.0. The number of urea groups is 1. The molecule has 3 N–H and O–H groups in total. The summed E-state index contributed by atoms with van der Waals surface area (Å²) >= 11 is -0.962. The third kappa shape index (κ3) is 10.7. The van der Waals surface area contributed by atoms with Gasteiger partial charge in [-0.1, -0.05) is 0 Å². The summed E-state index contributed by atoms with van der Waals surface area (Å²) in [6.45, 7) is 7.22. The van der Waals surface area contributed by atoms with E-state index >= 15 is 0 Å². The average molecular weight is 916 g/mol. The predicted molar refractivity (Wildman–Crippen MR) is 195 cm³/mol. The molecular formula is C35H36F3IN6O8PS-. The van der Waals surface area contributed by atoms with Crippen molar-refractivity contribution in [2.75, 3.05) is 18.5 Å². The van der Waals surface area contributed by atoms with Crippen LogP contribution in [0.2, 0.25) is 0 Å². The average Bonchev–Trinajstić information content (AvgIpc) is 3.65. The monoisotopic (exact) mass is 915 g/mol. The first-order valence-electron chi connectivity index (χ1n) is 16.7. The van der Waals surface area contributed by atoms with Gasteiger partial charge in [0.25, 0.3) is 0 Å². The van der Waals surface area contributed by atoms with Crippen LogP contribution in [-0.2, 0) is 29.5 Å². The number of carbonyl (C=O) groups is 2. The number of hydrogen-bond acceptors (Lipinski definition) is 11. The molecule has 4 aromatic heterocycles. The number of anilines is 1. The minimum absolute atomic E-state index is 0.0106. The number of nitrogens with zero attached hydrogens (tertiary/aromatic N) is 4. The van der Waals surface area contributed by atoms with Crippen LogP contribution in [0.15, 0.2) is 71.2 Å². The number of phosphoric acid groups is 1. The SMILES string of the molecule is CCNC(=O)Nc1cc(-c2nc(C(F)(F)F)cs2)c(-c2cnc3c(c2)c(=O)c(C(=O)OCC)cn3[C@@H](CC(C)C)[I-]OP(=O)(O)OCc2ccccc2)cn1. The summed E-state index contributed by atoms with van der Waals surface area (Å²) in [5.74, 6) is -0.888. The number of ether oxygens (including phenoxy) is 1. The number of esters is 1. The number of alkyl halides is 4. The second kappa shape index (κ2) is 18.1. The summed E-state index contributed by atoms with van der Waals surface area (Å²) in [7, 11) is -4.55. The van der Waals surface area contributed by atoms with Gasteiger partial charge in [-0.25, -0.2) is 4.79 Å². The van der Waals surface area contributed by atoms with E-state index < -0.39 is 62.8 Å². The summed E-state index contributed by atoms with van der Waals surface area (Å²) in [5.41, 5.74) is -0.836. The normalized spacial score (nSPS) is 13.5. The fraction of sp³-hybridized carbons (Fsp3) is 0.314. The van der Waals surface area contributed by atoms with Crippen LogP contribution in [-0.4, -0.2) is 49.6 Å². The molecule has 14 nitrogen and oxygen atoms in total. The van der Waals surface area contributed by atoms with Crippen LogP contribution in [0.1, 0.15) is 59.8 Å². The number of pyridine rings is 3. The fourth-order valence-corrected chi connectivity index (χ4v) is 10.4. The number of carbonyl (C=O) groups excluding carboxylic acids is 2. The fourth-order valence-electron chi connectivity index (χ4n) is 5.16. The molecule has 2 atom stereocenters. The maximum absolute atomic E-state index is 14.0. The third-order valence-corrected chi connectivity index (χ3v) is 13.1. The molecule has 5 aromatic rings. The zero-order valence-electron chi connectivity index (χ0n) is 29.8. The molecule has 2 amide bonds. The summed E-state index contributed by atoms with van der Waals surface area (Å²) in [5, 5.41) is 5.83. The van der Waals surface area contributed by atoms with Gasteiger partial charge in [0.2, 0.25) is 0 Å². The molecule has 294 valence electrons. The molecule has 0 saturated heterocycles. The quantitative estimate of drug-likeness (QED) is 0.0568. The Kier molecular flexibility index (Phi) is 13.8. The van der Waals surface area contributed by atoms with Gasteiger partial charge in [0.1, 0.15) is 0 Å². The van der Waals surface area contributed by atoms with Crippen LogP contribution in [0.4, 0.5) is 23.8 Å². The van der Waals surface area contributed by atoms with Gasteiger partial charge in [-0.15, -0.1) is 0 Å². The van der Waals surface area contributed by atoms with Gasteiger partial charge >= 0.3 is 293 Å². The van der Waals surface area contributed by atoms with Crippen molar-refractivity contribution in [2.45, 2.75) is 50.9 Å². The van der Waals surface area contributed by atoms with Crippen molar-refractivity contribution in [1.82, 2.24) is 24.8 Å². The molecule has 5 rings (SSSR count). The van der Waals surface area contributed by atoms with E-state index in [1.165, 1.54) is 30.7 Å². The van der Waals surface area contributed by atoms with Crippen molar-refractivity contribution in [3.05, 3.63) is 93.5 Å². The number of fused-ring (bicyclic) bond motifs is 1. The minimum atomic E-state index is -4.72. The molecular weight excluding hydrogens is 879 g/mol. The van der Waals surface area contributed by atoms with Crippen LogP contribution >= 0.6 is 19.2 Å². The van der Waals surface area contributed by atoms with Gasteiger partial charge < -0.3 is 5.32 Å². The number of benzene rings is 1. The first-order valence-corrected chi connectivity index (χ1v) is 21.2. The Hall–Kier alpha value is -4.27. The molecule has 1 aromatic carbocycles. The van der Waals surface area contributed by atoms with E-state index in [0.717, 1.165) is 16.7 Å². The van der Waals surface area contributed by atoms with Gasteiger partial charge in [0, 0.05) is 6.54 Å². The van der Waals surface area contributed by atoms with E-state index in [-0.39, 0.29) is 63.2 Å². The Morgan fingerprint density at radius 2 is 1.84 bits per heavy atom. The molecule has 0 fully saturated rings. The Morgan fingerprint density at radius 1 is 1.09 bits per heavy atom. The summed E-state index contributed by atoms with van der Waals surface area (Å²) in [6, 6.07) is 11.0. The molecule has 1 unspecified atom stereocenters. The zero-order valence-corrected chi connectivity index (χ0v) is 33.7. The van der Waals surface area contributed by atoms with E-state index in [2.05, 4.69) is 25.6 Å². The van der Waals surface area contributed by atoms with Crippen molar-refractivity contribution in [3.8, 4) is 21.7 Å². The van der Waals surface area contributed by atoms with Crippen LogP contribution in [0.25, 0.3) is 32.7 Å². The summed E-state index contributed by atoms with van der Waals surface area (Å²) < 4.78 is 70.7. The number of hydrogen-bond donors (Lipinski definition) is 3. The number of halogens is 4. The second-order valence-electron chi connectivity index (χ2n) is 12.2. The molecule has 0 bridgehead atoms. The van der Waals surface area contributed by atoms with Crippen molar-refractivity contribution in [3.63, 3.8) is 0 Å². The molecule has 0 saturated carbocycles. The van der Waals surface area contributed by atoms with Gasteiger partial charge in [0.15, 0.2) is 0 Å². The molecule has 20 heteroatoms. The van der Waals surface area contributed by atoms with E-state index in [1.807, 2.05) is 13.8 Å². The number of amides is 2. The number of phosphoric ester groups is 1. The summed E-state index contributed by atoms with van der Waals surface area (Å²) in [6.07, 6.45) is -0.364. The van der Waals surface area contributed by atoms with Crippen molar-refractivity contribution < 1.29 is 66.0 Å². The van der Waals surface area contributed by atoms with E-state index in [1.54, 1.807) is 48.7 Å². The Morgan fingerprint density at radius 3 is 2.49 bits per heavy atom. The van der Waals surface area contributed by atoms with Gasteiger partial charge in [-0.05, 0) is 6.92 Å². The molecule has 0 aliphatic heterocycles. The standard InChI is InChI=1S/C35H36F3IN6O8PS/c1-5-40-34(48)44-29-14-23(32-43-27(19-55-32)35(36,37)38)25(16-41-29)22-13-24-30(46)26(33(47)51-6-2)17-45(31(24)42-15-22)28(12-20(3)4)39-53-54(49,50)52-18-21-10-8-7-9-11-21/h7-11,13-17,19-20,28H,5-6,12,18H2,1-4H3,(H,49,50)(H2,40,41,44,48)/q-1/t28-/m0/s1. The van der Waals surface area contributed by atoms with Gasteiger partial charge in [-0.3, -0.25) is 0 Å². The van der Waals surface area contributed by atoms with Gasteiger partial charge in [-0.2, -0.15) is 13.2 Å². The van der Waals surface area contributed by atoms with Crippen LogP contribution in [0.3, 0.4) is 0 Å². The third-order valence-electron chi connectivity index (χ3n) is 7.62. The van der Waals surface area contributed by atoms with E-state index in [0.29, 0.717) is 18.5 Å². The first-order chi connectivity index (χ1) is 26.1. The Bertz CT molecular complexity index is 2270. The zero-order chi connectivity index (χ0) is 39.9. The second-order valence-corrected chi connectivity index (χ2v) is 17.5. The number of nitrogens with one attached hydrogen (secondary N) is 2. The van der Waals surface area contributed by atoms with Crippen molar-refractivity contribution in [1.29, 1.82) is 0 Å². The molecule has 4 heterocycles. The molecule has 0 aliphatic rings. The van der Waals surface area contributed by atoms with Gasteiger partial charge in [0.05, 0.1) is 0 Å².